The number of aryl methyl sites for hydroxylation is 1. The summed E-state index contributed by atoms with van der Waals surface area (Å²) in [5.74, 6) is 2.56. The highest BCUT2D eigenvalue weighted by Crippen LogP contribution is 2.30. The maximum Gasteiger partial charge on any atom is 0.215 e. The van der Waals surface area contributed by atoms with Crippen LogP contribution in [-0.4, -0.2) is 51.5 Å². The van der Waals surface area contributed by atoms with Crippen molar-refractivity contribution in [1.82, 2.24) is 19.4 Å². The first-order valence-corrected chi connectivity index (χ1v) is 12.5. The molecule has 1 N–H and O–H groups in total. The van der Waals surface area contributed by atoms with Crippen molar-refractivity contribution in [1.29, 1.82) is 0 Å². The number of ether oxygens (including phenoxy) is 1. The van der Waals surface area contributed by atoms with Gasteiger partial charge in [-0.2, -0.15) is 0 Å². The first-order valence-electron chi connectivity index (χ1n) is 12.1. The number of amides is 1. The Balaban J connectivity index is 1.33. The zero-order chi connectivity index (χ0) is 25.1. The van der Waals surface area contributed by atoms with Gasteiger partial charge in [0, 0.05) is 48.7 Å². The molecule has 2 aromatic heterocycles. The van der Waals surface area contributed by atoms with Crippen LogP contribution < -0.4 is 15.0 Å². The summed E-state index contributed by atoms with van der Waals surface area (Å²) < 4.78 is 8.13. The molecule has 1 atom stereocenters. The van der Waals surface area contributed by atoms with Gasteiger partial charge in [-0.15, -0.1) is 0 Å². The number of fused-ring (bicyclic) bond motifs is 1. The highest BCUT2D eigenvalue weighted by molar-refractivity contribution is 6.30. The number of halogens is 1. The Morgan fingerprint density at radius 1 is 1.17 bits per heavy atom. The van der Waals surface area contributed by atoms with Gasteiger partial charge in [0.05, 0.1) is 11.0 Å². The van der Waals surface area contributed by atoms with Crippen LogP contribution in [0.1, 0.15) is 19.8 Å². The quantitative estimate of drug-likeness (QED) is 0.299. The number of rotatable bonds is 9. The Morgan fingerprint density at radius 2 is 1.97 bits per heavy atom. The number of carbonyl (C=O) groups is 1. The number of nitrogens with zero attached hydrogens (tertiary/aromatic N) is 5. The van der Waals surface area contributed by atoms with Crippen LogP contribution >= 0.6 is 11.6 Å². The Morgan fingerprint density at radius 3 is 2.75 bits per heavy atom. The molecule has 36 heavy (non-hydrogen) atoms. The van der Waals surface area contributed by atoms with E-state index in [1.807, 2.05) is 54.1 Å². The summed E-state index contributed by atoms with van der Waals surface area (Å²) in [6.07, 6.45) is 4.77. The van der Waals surface area contributed by atoms with Gasteiger partial charge in [-0.05, 0) is 68.4 Å². The Kier molecular flexibility index (Phi) is 7.06. The van der Waals surface area contributed by atoms with E-state index in [1.54, 1.807) is 23.2 Å². The lowest BCUT2D eigenvalue weighted by Gasteiger charge is -2.27. The van der Waals surface area contributed by atoms with E-state index in [0.717, 1.165) is 49.1 Å². The van der Waals surface area contributed by atoms with Crippen LogP contribution in [-0.2, 0) is 11.8 Å². The van der Waals surface area contributed by atoms with Crippen molar-refractivity contribution in [2.75, 3.05) is 29.9 Å². The number of hydrogen-bond acceptors (Lipinski definition) is 6. The van der Waals surface area contributed by atoms with Crippen molar-refractivity contribution in [2.45, 2.75) is 25.8 Å². The lowest BCUT2D eigenvalue weighted by molar-refractivity contribution is -0.107. The minimum absolute atomic E-state index is 0.355. The predicted molar refractivity (Wildman–Crippen MR) is 143 cm³/mol. The molecule has 0 saturated carbocycles. The first-order chi connectivity index (χ1) is 17.5. The molecule has 4 aromatic rings. The molecule has 1 aliphatic rings. The van der Waals surface area contributed by atoms with Crippen LogP contribution in [0.2, 0.25) is 5.02 Å². The van der Waals surface area contributed by atoms with Crippen LogP contribution in [0.25, 0.3) is 11.0 Å². The summed E-state index contributed by atoms with van der Waals surface area (Å²) in [6.45, 7) is 4.85. The first kappa shape index (κ1) is 24.1. The number of anilines is 3. The van der Waals surface area contributed by atoms with Crippen molar-refractivity contribution in [3.8, 4) is 11.5 Å². The predicted octanol–water partition coefficient (Wildman–Crippen LogP) is 5.60. The summed E-state index contributed by atoms with van der Waals surface area (Å²) in [7, 11) is 1.96. The van der Waals surface area contributed by atoms with Crippen LogP contribution in [0.3, 0.4) is 0 Å². The van der Waals surface area contributed by atoms with E-state index >= 15 is 0 Å². The fourth-order valence-electron chi connectivity index (χ4n) is 4.71. The number of likely N-dealkylation sites (N-methyl/N-ethyl adjacent to an activating group) is 1. The third-order valence-electron chi connectivity index (χ3n) is 6.64. The smallest absolute Gasteiger partial charge is 0.215 e. The van der Waals surface area contributed by atoms with Crippen molar-refractivity contribution in [3.05, 3.63) is 65.8 Å². The minimum Gasteiger partial charge on any atom is -0.457 e. The standard InChI is InChI=1S/C27H29ClN6O2/c1-3-33-14-4-5-21(33)17-34(18-35)26-16-23(12-13-29-26)36-22-10-11-25-24(15-22)31-27(32(25)2)30-20-8-6-19(28)7-9-20/h6-13,15-16,18,21H,3-5,14,17H2,1-2H3,(H,30,31). The molecule has 0 spiro atoms. The molecule has 9 heteroatoms. The lowest BCUT2D eigenvalue weighted by atomic mass is 10.2. The van der Waals surface area contributed by atoms with Gasteiger partial charge in [0.25, 0.3) is 0 Å². The van der Waals surface area contributed by atoms with Crippen LogP contribution in [0.4, 0.5) is 17.5 Å². The average molecular weight is 505 g/mol. The van der Waals surface area contributed by atoms with Gasteiger partial charge in [-0.1, -0.05) is 18.5 Å². The second-order valence-corrected chi connectivity index (χ2v) is 9.35. The van der Waals surface area contributed by atoms with Crippen LogP contribution in [0, 0.1) is 0 Å². The minimum atomic E-state index is 0.355. The average Bonchev–Trinajstić information content (AvgIpc) is 3.47. The van der Waals surface area contributed by atoms with Gasteiger partial charge in [0.15, 0.2) is 0 Å². The second kappa shape index (κ2) is 10.6. The van der Waals surface area contributed by atoms with Crippen LogP contribution in [0.5, 0.6) is 11.5 Å². The Bertz CT molecular complexity index is 1360. The van der Waals surface area contributed by atoms with Gasteiger partial charge >= 0.3 is 0 Å². The maximum absolute atomic E-state index is 11.9. The number of aromatic nitrogens is 3. The third kappa shape index (κ3) is 5.15. The number of carbonyl (C=O) groups excluding carboxylic acids is 1. The van der Waals surface area contributed by atoms with Crippen molar-refractivity contribution in [2.24, 2.45) is 7.05 Å². The molecule has 8 nitrogen and oxygen atoms in total. The number of nitrogens with one attached hydrogen (secondary N) is 1. The Labute approximate surface area is 215 Å². The number of likely N-dealkylation sites (tertiary alicyclic amines) is 1. The van der Waals surface area contributed by atoms with Gasteiger partial charge < -0.3 is 14.6 Å². The highest BCUT2D eigenvalue weighted by atomic mass is 35.5. The Hall–Kier alpha value is -3.62. The molecule has 0 radical (unpaired) electrons. The fourth-order valence-corrected chi connectivity index (χ4v) is 4.84. The van der Waals surface area contributed by atoms with Crippen LogP contribution in [0.15, 0.2) is 60.8 Å². The number of imidazole rings is 1. The van der Waals surface area contributed by atoms with E-state index < -0.39 is 0 Å². The van der Waals surface area contributed by atoms with Gasteiger partial charge in [-0.25, -0.2) is 9.97 Å². The molecular weight excluding hydrogens is 476 g/mol. The molecule has 186 valence electrons. The zero-order valence-corrected chi connectivity index (χ0v) is 21.2. The molecule has 1 aliphatic heterocycles. The molecule has 0 bridgehead atoms. The molecule has 1 fully saturated rings. The zero-order valence-electron chi connectivity index (χ0n) is 20.4. The summed E-state index contributed by atoms with van der Waals surface area (Å²) in [6, 6.07) is 17.2. The van der Waals surface area contributed by atoms with Crippen molar-refractivity contribution < 1.29 is 9.53 Å². The lowest BCUT2D eigenvalue weighted by Crippen LogP contribution is -2.40. The highest BCUT2D eigenvalue weighted by Gasteiger charge is 2.25. The van der Waals surface area contributed by atoms with E-state index in [-0.39, 0.29) is 0 Å². The van der Waals surface area contributed by atoms with E-state index in [4.69, 9.17) is 21.3 Å². The largest absolute Gasteiger partial charge is 0.457 e. The summed E-state index contributed by atoms with van der Waals surface area (Å²) in [4.78, 5) is 25.1. The van der Waals surface area contributed by atoms with Crippen molar-refractivity contribution >= 4 is 46.5 Å². The molecule has 3 heterocycles. The maximum atomic E-state index is 11.9. The van der Waals surface area contributed by atoms with Gasteiger partial charge in [0.1, 0.15) is 17.3 Å². The normalized spacial score (nSPS) is 15.8. The van der Waals surface area contributed by atoms with Gasteiger partial charge in [-0.3, -0.25) is 14.6 Å². The summed E-state index contributed by atoms with van der Waals surface area (Å²) in [5.41, 5.74) is 2.67. The molecule has 0 aliphatic carbocycles. The molecule has 1 unspecified atom stereocenters. The van der Waals surface area contributed by atoms with Gasteiger partial charge in [0.2, 0.25) is 12.4 Å². The topological polar surface area (TPSA) is 75.5 Å². The third-order valence-corrected chi connectivity index (χ3v) is 6.89. The van der Waals surface area contributed by atoms with E-state index in [9.17, 15) is 4.79 Å². The second-order valence-electron chi connectivity index (χ2n) is 8.91. The molecule has 1 amide bonds. The van der Waals surface area contributed by atoms with E-state index in [1.165, 1.54) is 0 Å². The van der Waals surface area contributed by atoms with E-state index in [2.05, 4.69) is 22.1 Å². The monoisotopic (exact) mass is 504 g/mol. The number of hydrogen-bond donors (Lipinski definition) is 1. The summed E-state index contributed by atoms with van der Waals surface area (Å²) in [5, 5.41) is 4.01. The molecule has 2 aromatic carbocycles. The number of pyridine rings is 1. The summed E-state index contributed by atoms with van der Waals surface area (Å²) >= 11 is 5.99. The fraction of sp³-hybridized carbons (Fsp3) is 0.296. The molecule has 1 saturated heterocycles. The number of benzene rings is 2. The molecular formula is C27H29ClN6O2. The van der Waals surface area contributed by atoms with Crippen molar-refractivity contribution in [3.63, 3.8) is 0 Å². The SMILES string of the molecule is CCN1CCCC1CN(C=O)c1cc(Oc2ccc3c(c2)nc(Nc2ccc(Cl)cc2)n3C)ccn1. The molecule has 5 rings (SSSR count). The van der Waals surface area contributed by atoms with E-state index in [0.29, 0.717) is 40.9 Å².